The van der Waals surface area contributed by atoms with Gasteiger partial charge in [-0.15, -0.1) is 0 Å². The van der Waals surface area contributed by atoms with Crippen molar-refractivity contribution in [2.24, 2.45) is 0 Å². The maximum Gasteiger partial charge on any atom is 0.192 e. The van der Waals surface area contributed by atoms with Gasteiger partial charge in [0.15, 0.2) is 8.32 Å². The van der Waals surface area contributed by atoms with Crippen LogP contribution in [0.15, 0.2) is 24.3 Å². The molecule has 0 aliphatic heterocycles. The molecule has 0 spiro atoms. The third-order valence-electron chi connectivity index (χ3n) is 4.20. The fraction of sp³-hybridized carbons (Fsp3) is 0.588. The highest BCUT2D eigenvalue weighted by Gasteiger charge is 2.39. The van der Waals surface area contributed by atoms with Crippen LogP contribution in [0.2, 0.25) is 18.1 Å². The van der Waals surface area contributed by atoms with Gasteiger partial charge in [0.25, 0.3) is 0 Å². The molecule has 3 nitrogen and oxygen atoms in total. The first-order valence-corrected chi connectivity index (χ1v) is 10.3. The summed E-state index contributed by atoms with van der Waals surface area (Å²) in [5, 5.41) is 0.120. The Hall–Kier alpha value is -1.13. The lowest BCUT2D eigenvalue weighted by Crippen LogP contribution is -2.42. The van der Waals surface area contributed by atoms with Gasteiger partial charge in [0.2, 0.25) is 0 Å². The van der Waals surface area contributed by atoms with Gasteiger partial charge in [-0.1, -0.05) is 32.9 Å². The lowest BCUT2D eigenvalue weighted by atomic mass is 10.0. The Balaban J connectivity index is 3.02. The van der Waals surface area contributed by atoms with Gasteiger partial charge in [-0.05, 0) is 42.8 Å². The number of Topliss-reactive ketones (excluding diaryl/α,β-unsaturated/α-hetero) is 1. The summed E-state index contributed by atoms with van der Waals surface area (Å²) in [5.74, 6) is 0.960. The normalized spacial score (nSPS) is 13.9. The van der Waals surface area contributed by atoms with E-state index < -0.39 is 8.32 Å². The van der Waals surface area contributed by atoms with Gasteiger partial charge in [0, 0.05) is 6.42 Å². The Morgan fingerprint density at radius 3 is 2.10 bits per heavy atom. The molecule has 0 fully saturated rings. The molecule has 0 saturated carbocycles. The van der Waals surface area contributed by atoms with Gasteiger partial charge in [-0.25, -0.2) is 0 Å². The predicted molar refractivity (Wildman–Crippen MR) is 89.3 cm³/mol. The lowest BCUT2D eigenvalue weighted by molar-refractivity contribution is -0.118. The summed E-state index contributed by atoms with van der Waals surface area (Å²) in [6.45, 7) is 12.7. The average Bonchev–Trinajstić information content (AvgIpc) is 2.36. The molecule has 0 amide bonds. The van der Waals surface area contributed by atoms with Crippen molar-refractivity contribution in [3.05, 3.63) is 29.8 Å². The first-order valence-electron chi connectivity index (χ1n) is 7.38. The summed E-state index contributed by atoms with van der Waals surface area (Å²) in [7, 11) is -0.276. The molecule has 118 valence electrons. The molecular formula is C17H28O3Si. The van der Waals surface area contributed by atoms with Crippen LogP contribution in [0, 0.1) is 0 Å². The molecule has 4 heteroatoms. The van der Waals surface area contributed by atoms with Crippen molar-refractivity contribution >= 4 is 14.1 Å². The van der Waals surface area contributed by atoms with Crippen molar-refractivity contribution in [2.45, 2.75) is 58.4 Å². The summed E-state index contributed by atoms with van der Waals surface area (Å²) in [6, 6.07) is 7.80. The molecule has 1 atom stereocenters. The molecule has 0 saturated heterocycles. The van der Waals surface area contributed by atoms with E-state index in [0.29, 0.717) is 6.42 Å². The van der Waals surface area contributed by atoms with E-state index in [-0.39, 0.29) is 16.9 Å². The number of ketones is 1. The van der Waals surface area contributed by atoms with Gasteiger partial charge in [-0.2, -0.15) is 0 Å². The van der Waals surface area contributed by atoms with E-state index in [9.17, 15) is 4.79 Å². The van der Waals surface area contributed by atoms with Crippen LogP contribution in [0.1, 0.15) is 45.8 Å². The molecule has 1 unspecified atom stereocenters. The van der Waals surface area contributed by atoms with Crippen molar-refractivity contribution in [1.29, 1.82) is 0 Å². The number of carbonyl (C=O) groups is 1. The number of methoxy groups -OCH3 is 1. The number of ether oxygens (including phenoxy) is 1. The van der Waals surface area contributed by atoms with Gasteiger partial charge >= 0.3 is 0 Å². The average molecular weight is 308 g/mol. The van der Waals surface area contributed by atoms with E-state index in [1.807, 2.05) is 24.3 Å². The summed E-state index contributed by atoms with van der Waals surface area (Å²) < 4.78 is 11.6. The molecule has 0 aliphatic rings. The summed E-state index contributed by atoms with van der Waals surface area (Å²) >= 11 is 0. The Morgan fingerprint density at radius 2 is 1.71 bits per heavy atom. The summed E-state index contributed by atoms with van der Waals surface area (Å²) in [5.41, 5.74) is 1.04. The van der Waals surface area contributed by atoms with E-state index in [1.165, 1.54) is 0 Å². The summed E-state index contributed by atoms with van der Waals surface area (Å²) in [6.07, 6.45) is 0.244. The van der Waals surface area contributed by atoms with Crippen LogP contribution in [0.5, 0.6) is 5.75 Å². The Morgan fingerprint density at radius 1 is 1.19 bits per heavy atom. The molecule has 0 heterocycles. The number of benzene rings is 1. The summed E-state index contributed by atoms with van der Waals surface area (Å²) in [4.78, 5) is 11.6. The van der Waals surface area contributed by atoms with Crippen molar-refractivity contribution < 1.29 is 14.0 Å². The highest BCUT2D eigenvalue weighted by atomic mass is 28.4. The zero-order chi connectivity index (χ0) is 16.3. The van der Waals surface area contributed by atoms with Crippen molar-refractivity contribution in [2.75, 3.05) is 7.11 Å². The third kappa shape index (κ3) is 4.97. The molecule has 0 aromatic heterocycles. The largest absolute Gasteiger partial charge is 0.497 e. The van der Waals surface area contributed by atoms with Gasteiger partial charge in [-0.3, -0.25) is 4.79 Å². The van der Waals surface area contributed by atoms with E-state index >= 15 is 0 Å². The Kier molecular flexibility index (Phi) is 5.76. The zero-order valence-corrected chi connectivity index (χ0v) is 15.3. The van der Waals surface area contributed by atoms with Crippen LogP contribution < -0.4 is 4.74 Å². The van der Waals surface area contributed by atoms with Crippen molar-refractivity contribution in [1.82, 2.24) is 0 Å². The molecule has 1 rings (SSSR count). The van der Waals surface area contributed by atoms with Crippen LogP contribution in [-0.2, 0) is 9.22 Å². The predicted octanol–water partition coefficient (Wildman–Crippen LogP) is 4.74. The van der Waals surface area contributed by atoms with Crippen LogP contribution in [-0.4, -0.2) is 21.2 Å². The minimum absolute atomic E-state index is 0.120. The van der Waals surface area contributed by atoms with Crippen molar-refractivity contribution in [3.63, 3.8) is 0 Å². The topological polar surface area (TPSA) is 35.5 Å². The Bertz CT molecular complexity index is 472. The number of hydrogen-bond acceptors (Lipinski definition) is 3. The van der Waals surface area contributed by atoms with E-state index in [0.717, 1.165) is 11.3 Å². The van der Waals surface area contributed by atoms with E-state index in [4.69, 9.17) is 9.16 Å². The minimum atomic E-state index is -1.92. The molecular weight excluding hydrogens is 280 g/mol. The second-order valence-corrected chi connectivity index (χ2v) is 11.8. The molecule has 0 aliphatic carbocycles. The second-order valence-electron chi connectivity index (χ2n) is 7.05. The molecule has 21 heavy (non-hydrogen) atoms. The number of hydrogen-bond donors (Lipinski definition) is 0. The first-order chi connectivity index (χ1) is 9.56. The minimum Gasteiger partial charge on any atom is -0.497 e. The molecule has 0 radical (unpaired) electrons. The van der Waals surface area contributed by atoms with Gasteiger partial charge in [0.1, 0.15) is 11.5 Å². The second kappa shape index (κ2) is 6.75. The quantitative estimate of drug-likeness (QED) is 0.712. The lowest BCUT2D eigenvalue weighted by Gasteiger charge is -2.39. The van der Waals surface area contributed by atoms with Crippen LogP contribution in [0.3, 0.4) is 0 Å². The van der Waals surface area contributed by atoms with Crippen molar-refractivity contribution in [3.8, 4) is 5.75 Å². The molecule has 0 N–H and O–H groups in total. The SMILES string of the molecule is COc1ccc(C(CC(C)=O)O[Si](C)(C)C(C)(C)C)cc1. The maximum absolute atomic E-state index is 11.6. The fourth-order valence-corrected chi connectivity index (χ4v) is 3.12. The molecule has 1 aromatic rings. The third-order valence-corrected chi connectivity index (χ3v) is 8.69. The smallest absolute Gasteiger partial charge is 0.192 e. The Labute approximate surface area is 129 Å². The maximum atomic E-state index is 11.6. The zero-order valence-electron chi connectivity index (χ0n) is 14.3. The van der Waals surface area contributed by atoms with Crippen LogP contribution in [0.4, 0.5) is 0 Å². The molecule has 1 aromatic carbocycles. The van der Waals surface area contributed by atoms with Gasteiger partial charge < -0.3 is 9.16 Å². The van der Waals surface area contributed by atoms with E-state index in [1.54, 1.807) is 14.0 Å². The van der Waals surface area contributed by atoms with Crippen LogP contribution >= 0.6 is 0 Å². The number of carbonyl (C=O) groups excluding carboxylic acids is 1. The molecule has 0 bridgehead atoms. The standard InChI is InChI=1S/C17H28O3Si/c1-13(18)12-16(20-21(6,7)17(2,3)4)14-8-10-15(19-5)11-9-14/h8-11,16H,12H2,1-7H3. The van der Waals surface area contributed by atoms with Gasteiger partial charge in [0.05, 0.1) is 13.2 Å². The van der Waals surface area contributed by atoms with Crippen LogP contribution in [0.25, 0.3) is 0 Å². The fourth-order valence-electron chi connectivity index (χ4n) is 1.84. The number of rotatable bonds is 6. The highest BCUT2D eigenvalue weighted by molar-refractivity contribution is 6.74. The highest BCUT2D eigenvalue weighted by Crippen LogP contribution is 2.40. The first kappa shape index (κ1) is 17.9. The van der Waals surface area contributed by atoms with E-state index in [2.05, 4.69) is 33.9 Å². The monoisotopic (exact) mass is 308 g/mol.